The molecule has 0 atom stereocenters. The van der Waals surface area contributed by atoms with E-state index in [2.05, 4.69) is 5.32 Å². The van der Waals surface area contributed by atoms with Crippen molar-refractivity contribution in [2.24, 2.45) is 0 Å². The summed E-state index contributed by atoms with van der Waals surface area (Å²) in [6, 6.07) is 12.7. The van der Waals surface area contributed by atoms with Crippen LogP contribution in [0.15, 0.2) is 42.5 Å². The molecule has 0 unspecified atom stereocenters. The quantitative estimate of drug-likeness (QED) is 0.888. The molecule has 2 N–H and O–H groups in total. The molecule has 0 aliphatic heterocycles. The smallest absolute Gasteiger partial charge is 0.120 e. The van der Waals surface area contributed by atoms with Crippen molar-refractivity contribution < 1.29 is 5.11 Å². The summed E-state index contributed by atoms with van der Waals surface area (Å²) in [6.07, 6.45) is 0. The molecule has 0 saturated carbocycles. The van der Waals surface area contributed by atoms with Crippen molar-refractivity contribution in [3.63, 3.8) is 0 Å². The Morgan fingerprint density at radius 2 is 1.67 bits per heavy atom. The highest BCUT2D eigenvalue weighted by atomic mass is 35.5. The lowest BCUT2D eigenvalue weighted by atomic mass is 10.2. The second-order valence-corrected chi connectivity index (χ2v) is 4.81. The zero-order valence-electron chi connectivity index (χ0n) is 9.66. The average Bonchev–Trinajstić information content (AvgIpc) is 2.34. The van der Waals surface area contributed by atoms with Gasteiger partial charge in [-0.2, -0.15) is 0 Å². The van der Waals surface area contributed by atoms with Crippen LogP contribution in [0.1, 0.15) is 11.1 Å². The fraction of sp³-hybridized carbons (Fsp3) is 0.143. The highest BCUT2D eigenvalue weighted by Gasteiger charge is 2.02. The Morgan fingerprint density at radius 1 is 0.944 bits per heavy atom. The number of benzene rings is 2. The maximum Gasteiger partial charge on any atom is 0.120 e. The van der Waals surface area contributed by atoms with E-state index < -0.39 is 0 Å². The molecule has 0 spiro atoms. The first-order chi connectivity index (χ1) is 8.66. The Hall–Kier alpha value is -1.22. The number of nitrogens with one attached hydrogen (secondary N) is 1. The van der Waals surface area contributed by atoms with E-state index in [1.165, 1.54) is 0 Å². The Kier molecular flexibility index (Phi) is 4.48. The van der Waals surface area contributed by atoms with E-state index in [1.54, 1.807) is 18.2 Å². The van der Waals surface area contributed by atoms with Gasteiger partial charge in [0.05, 0.1) is 0 Å². The molecule has 0 saturated heterocycles. The Bertz CT molecular complexity index is 543. The van der Waals surface area contributed by atoms with E-state index in [4.69, 9.17) is 23.2 Å². The average molecular weight is 282 g/mol. The molecular formula is C14H13Cl2NO. The Balaban J connectivity index is 1.95. The van der Waals surface area contributed by atoms with Crippen molar-refractivity contribution >= 4 is 23.2 Å². The van der Waals surface area contributed by atoms with Crippen LogP contribution in [0.25, 0.3) is 0 Å². The van der Waals surface area contributed by atoms with Crippen LogP contribution in [-0.2, 0) is 13.1 Å². The number of halogens is 2. The lowest BCUT2D eigenvalue weighted by Gasteiger charge is -2.08. The molecule has 94 valence electrons. The van der Waals surface area contributed by atoms with Gasteiger partial charge in [-0.15, -0.1) is 0 Å². The van der Waals surface area contributed by atoms with Crippen molar-refractivity contribution in [1.82, 2.24) is 5.32 Å². The molecule has 0 aromatic heterocycles. The van der Waals surface area contributed by atoms with Gasteiger partial charge in [-0.05, 0) is 23.8 Å². The van der Waals surface area contributed by atoms with Crippen LogP contribution < -0.4 is 5.32 Å². The molecule has 0 bridgehead atoms. The fourth-order valence-corrected chi connectivity index (χ4v) is 2.13. The summed E-state index contributed by atoms with van der Waals surface area (Å²) in [4.78, 5) is 0. The number of hydrogen-bond acceptors (Lipinski definition) is 2. The molecule has 2 aromatic carbocycles. The third-order valence-electron chi connectivity index (χ3n) is 2.64. The van der Waals surface area contributed by atoms with Crippen LogP contribution in [0.3, 0.4) is 0 Å². The first kappa shape index (κ1) is 13.2. The molecular weight excluding hydrogens is 269 g/mol. The molecule has 2 nitrogen and oxygen atoms in total. The van der Waals surface area contributed by atoms with Gasteiger partial charge in [0.15, 0.2) is 0 Å². The third kappa shape index (κ3) is 3.39. The van der Waals surface area contributed by atoms with Gasteiger partial charge in [-0.1, -0.05) is 47.5 Å². The van der Waals surface area contributed by atoms with Gasteiger partial charge in [0.1, 0.15) is 5.75 Å². The lowest BCUT2D eigenvalue weighted by Crippen LogP contribution is -2.13. The van der Waals surface area contributed by atoms with E-state index >= 15 is 0 Å². The molecule has 2 rings (SSSR count). The van der Waals surface area contributed by atoms with Crippen molar-refractivity contribution in [3.8, 4) is 5.75 Å². The SMILES string of the molecule is Oc1ccccc1CNCc1ccc(Cl)cc1Cl. The summed E-state index contributed by atoms with van der Waals surface area (Å²) in [6.45, 7) is 1.22. The summed E-state index contributed by atoms with van der Waals surface area (Å²) < 4.78 is 0. The van der Waals surface area contributed by atoms with Crippen LogP contribution in [0, 0.1) is 0 Å². The Morgan fingerprint density at radius 3 is 2.39 bits per heavy atom. The highest BCUT2D eigenvalue weighted by molar-refractivity contribution is 6.35. The molecule has 2 aromatic rings. The molecule has 0 aliphatic carbocycles. The largest absolute Gasteiger partial charge is 0.508 e. The van der Waals surface area contributed by atoms with Gasteiger partial charge in [0, 0.05) is 28.7 Å². The van der Waals surface area contributed by atoms with Crippen molar-refractivity contribution in [3.05, 3.63) is 63.6 Å². The van der Waals surface area contributed by atoms with Gasteiger partial charge in [0.25, 0.3) is 0 Å². The van der Waals surface area contributed by atoms with Gasteiger partial charge < -0.3 is 10.4 Å². The van der Waals surface area contributed by atoms with E-state index in [9.17, 15) is 5.11 Å². The Labute approximate surface area is 116 Å². The normalized spacial score (nSPS) is 10.6. The summed E-state index contributed by atoms with van der Waals surface area (Å²) in [5.74, 6) is 0.298. The topological polar surface area (TPSA) is 32.3 Å². The van der Waals surface area contributed by atoms with Crippen LogP contribution in [0.5, 0.6) is 5.75 Å². The van der Waals surface area contributed by atoms with Crippen molar-refractivity contribution in [2.75, 3.05) is 0 Å². The second kappa shape index (κ2) is 6.10. The molecule has 0 aliphatic rings. The fourth-order valence-electron chi connectivity index (χ4n) is 1.66. The number of rotatable bonds is 4. The van der Waals surface area contributed by atoms with Gasteiger partial charge in [-0.3, -0.25) is 0 Å². The molecule has 0 fully saturated rings. The van der Waals surface area contributed by atoms with Crippen LogP contribution in [-0.4, -0.2) is 5.11 Å². The molecule has 4 heteroatoms. The summed E-state index contributed by atoms with van der Waals surface area (Å²) in [7, 11) is 0. The van der Waals surface area contributed by atoms with Crippen LogP contribution in [0.4, 0.5) is 0 Å². The van der Waals surface area contributed by atoms with Gasteiger partial charge in [-0.25, -0.2) is 0 Å². The maximum atomic E-state index is 9.62. The van der Waals surface area contributed by atoms with E-state index in [0.717, 1.165) is 11.1 Å². The first-order valence-electron chi connectivity index (χ1n) is 5.58. The number of hydrogen-bond donors (Lipinski definition) is 2. The summed E-state index contributed by atoms with van der Waals surface area (Å²) in [5.41, 5.74) is 1.85. The minimum Gasteiger partial charge on any atom is -0.508 e. The molecule has 18 heavy (non-hydrogen) atoms. The van der Waals surface area contributed by atoms with E-state index in [1.807, 2.05) is 24.3 Å². The maximum absolute atomic E-state index is 9.62. The molecule has 0 radical (unpaired) electrons. The zero-order valence-corrected chi connectivity index (χ0v) is 11.2. The van der Waals surface area contributed by atoms with Crippen LogP contribution >= 0.6 is 23.2 Å². The number of phenols is 1. The lowest BCUT2D eigenvalue weighted by molar-refractivity contribution is 0.464. The third-order valence-corrected chi connectivity index (χ3v) is 3.22. The van der Waals surface area contributed by atoms with Gasteiger partial charge in [0.2, 0.25) is 0 Å². The zero-order chi connectivity index (χ0) is 13.0. The van der Waals surface area contributed by atoms with Crippen molar-refractivity contribution in [1.29, 1.82) is 0 Å². The minimum atomic E-state index is 0.298. The number of aromatic hydroxyl groups is 1. The molecule has 0 amide bonds. The summed E-state index contributed by atoms with van der Waals surface area (Å²) >= 11 is 11.9. The predicted octanol–water partition coefficient (Wildman–Crippen LogP) is 3.99. The highest BCUT2D eigenvalue weighted by Crippen LogP contribution is 2.21. The van der Waals surface area contributed by atoms with Gasteiger partial charge >= 0.3 is 0 Å². The number of para-hydroxylation sites is 1. The second-order valence-electron chi connectivity index (χ2n) is 3.97. The number of phenolic OH excluding ortho intramolecular Hbond substituents is 1. The van der Waals surface area contributed by atoms with E-state index in [-0.39, 0.29) is 0 Å². The standard InChI is InChI=1S/C14H13Cl2NO/c15-12-6-5-10(13(16)7-12)8-17-9-11-3-1-2-4-14(11)18/h1-7,17-18H,8-9H2. The predicted molar refractivity (Wildman–Crippen MR) is 75.1 cm³/mol. The van der Waals surface area contributed by atoms with E-state index in [0.29, 0.717) is 28.9 Å². The van der Waals surface area contributed by atoms with Crippen LogP contribution in [0.2, 0.25) is 10.0 Å². The minimum absolute atomic E-state index is 0.298. The van der Waals surface area contributed by atoms with Crippen molar-refractivity contribution in [2.45, 2.75) is 13.1 Å². The summed E-state index contributed by atoms with van der Waals surface area (Å²) in [5, 5.41) is 14.1. The monoisotopic (exact) mass is 281 g/mol. The first-order valence-corrected chi connectivity index (χ1v) is 6.34. The molecule has 0 heterocycles.